The molecule has 7 nitrogen and oxygen atoms in total. The van der Waals surface area contributed by atoms with Crippen molar-refractivity contribution in [3.8, 4) is 6.07 Å². The Hall–Kier alpha value is -2.64. The highest BCUT2D eigenvalue weighted by Gasteiger charge is 2.49. The third kappa shape index (κ3) is 7.35. The monoisotopic (exact) mass is 584 g/mol. The first-order valence-electron chi connectivity index (χ1n) is 13.6. The number of carbonyl (C=O) groups is 1. The van der Waals surface area contributed by atoms with E-state index in [0.717, 1.165) is 27.3 Å². The van der Waals surface area contributed by atoms with Gasteiger partial charge in [-0.25, -0.2) is 0 Å². The fraction of sp³-hybridized carbons (Fsp3) is 0.484. The highest BCUT2D eigenvalue weighted by molar-refractivity contribution is 7.99. The molecule has 0 aliphatic heterocycles. The van der Waals surface area contributed by atoms with Crippen molar-refractivity contribution in [2.45, 2.75) is 81.6 Å². The highest BCUT2D eigenvalue weighted by Crippen LogP contribution is 2.49. The minimum atomic E-state index is -4.01. The summed E-state index contributed by atoms with van der Waals surface area (Å²) in [5, 5.41) is 20.5. The van der Waals surface area contributed by atoms with E-state index in [1.165, 1.54) is 12.1 Å². The lowest BCUT2D eigenvalue weighted by Crippen LogP contribution is -2.52. The first-order valence-corrected chi connectivity index (χ1v) is 15.9. The lowest BCUT2D eigenvalue weighted by Gasteiger charge is -2.48. The number of rotatable bonds is 12. The van der Waals surface area contributed by atoms with E-state index in [2.05, 4.69) is 6.07 Å². The van der Waals surface area contributed by atoms with Crippen molar-refractivity contribution in [1.29, 1.82) is 5.26 Å². The molecule has 2 aromatic carbocycles. The molecule has 1 aliphatic carbocycles. The van der Waals surface area contributed by atoms with E-state index in [1.807, 2.05) is 52.0 Å². The molecule has 0 radical (unpaired) electrons. The topological polar surface area (TPSA) is 108 Å². The number of aryl methyl sites for hydroxylation is 1. The van der Waals surface area contributed by atoms with Gasteiger partial charge < -0.3 is 10.0 Å². The lowest BCUT2D eigenvalue weighted by atomic mass is 9.61. The molecule has 0 saturated carbocycles. The maximum absolute atomic E-state index is 13.1. The van der Waals surface area contributed by atoms with Crippen molar-refractivity contribution in [3.05, 3.63) is 65.2 Å². The molecule has 2 aromatic rings. The minimum Gasteiger partial charge on any atom is -0.387 e. The fourth-order valence-electron chi connectivity index (χ4n) is 5.18. The molecule has 1 amide bonds. The molecule has 216 valence electrons. The van der Waals surface area contributed by atoms with Gasteiger partial charge in [-0.2, -0.15) is 13.7 Å². The average Bonchev–Trinajstić information content (AvgIpc) is 2.92. The second-order valence-electron chi connectivity index (χ2n) is 11.0. The number of aliphatic hydroxyl groups is 1. The Bertz CT molecular complexity index is 1380. The summed E-state index contributed by atoms with van der Waals surface area (Å²) in [4.78, 5) is 15.8. The number of hydrogen-bond acceptors (Lipinski definition) is 7. The average molecular weight is 585 g/mol. The summed E-state index contributed by atoms with van der Waals surface area (Å²) in [5.41, 5.74) is 1.86. The van der Waals surface area contributed by atoms with Gasteiger partial charge in [-0.3, -0.25) is 8.98 Å². The van der Waals surface area contributed by atoms with Gasteiger partial charge in [0.25, 0.3) is 10.1 Å². The molecule has 0 saturated heterocycles. The molecular formula is C31H40N2O5S2. The third-order valence-electron chi connectivity index (χ3n) is 8.00. The first kappa shape index (κ1) is 31.9. The van der Waals surface area contributed by atoms with Gasteiger partial charge in [0.2, 0.25) is 5.91 Å². The zero-order valence-corrected chi connectivity index (χ0v) is 25.7. The molecule has 1 unspecified atom stereocenters. The molecule has 1 N–H and O–H groups in total. The van der Waals surface area contributed by atoms with Gasteiger partial charge in [0.1, 0.15) is 0 Å². The van der Waals surface area contributed by atoms with Gasteiger partial charge in [0.15, 0.2) is 0 Å². The van der Waals surface area contributed by atoms with Gasteiger partial charge in [0.05, 0.1) is 28.9 Å². The van der Waals surface area contributed by atoms with Crippen LogP contribution in [0.1, 0.15) is 64.9 Å². The number of anilines is 1. The number of hydrogen-bond donors (Lipinski definition) is 1. The van der Waals surface area contributed by atoms with Gasteiger partial charge in [-0.05, 0) is 63.8 Å². The molecule has 0 bridgehead atoms. The van der Waals surface area contributed by atoms with E-state index >= 15 is 0 Å². The Morgan fingerprint density at radius 3 is 2.50 bits per heavy atom. The summed E-state index contributed by atoms with van der Waals surface area (Å²) in [6, 6.07) is 16.3. The Labute approximate surface area is 243 Å². The summed E-state index contributed by atoms with van der Waals surface area (Å²) < 4.78 is 31.0. The second-order valence-corrected chi connectivity index (χ2v) is 13.7. The Morgan fingerprint density at radius 2 is 1.82 bits per heavy atom. The predicted molar refractivity (Wildman–Crippen MR) is 160 cm³/mol. The molecule has 1 atom stereocenters. The van der Waals surface area contributed by atoms with E-state index < -0.39 is 21.1 Å². The number of benzene rings is 2. The normalized spacial score (nSPS) is 18.8. The maximum atomic E-state index is 13.1. The number of thioether (sulfide) groups is 1. The van der Waals surface area contributed by atoms with E-state index in [-0.39, 0.29) is 17.4 Å². The quantitative estimate of drug-likeness (QED) is 0.133. The molecule has 0 aromatic heterocycles. The van der Waals surface area contributed by atoms with Crippen LogP contribution in [0, 0.1) is 23.7 Å². The lowest BCUT2D eigenvalue weighted by molar-refractivity contribution is -0.118. The van der Waals surface area contributed by atoms with Gasteiger partial charge in [0, 0.05) is 36.0 Å². The van der Waals surface area contributed by atoms with Crippen molar-refractivity contribution < 1.29 is 22.5 Å². The van der Waals surface area contributed by atoms with Crippen LogP contribution in [0.4, 0.5) is 5.69 Å². The standard InChI is InChI=1S/C31H40N2O5S2/c1-23-14-16-25(17-15-23)40(36,37)38-22-31(35)19-18-24(2)26(30(31,3)4)10-8-13-29(34)33(5)27-11-6-7-12-28(27)39-21-9-20-32/h6-7,11-12,14-17,35H,8-10,13,18-19,21-22H2,1-5H3. The van der Waals surface area contributed by atoms with Crippen molar-refractivity contribution >= 4 is 33.5 Å². The number of nitrogens with zero attached hydrogens (tertiary/aromatic N) is 2. The number of allylic oxidation sites excluding steroid dienone is 1. The summed E-state index contributed by atoms with van der Waals surface area (Å²) >= 11 is 1.56. The van der Waals surface area contributed by atoms with Crippen molar-refractivity contribution in [3.63, 3.8) is 0 Å². The van der Waals surface area contributed by atoms with Crippen molar-refractivity contribution in [2.24, 2.45) is 5.41 Å². The van der Waals surface area contributed by atoms with Gasteiger partial charge in [-0.1, -0.05) is 54.8 Å². The van der Waals surface area contributed by atoms with E-state index in [1.54, 1.807) is 35.8 Å². The van der Waals surface area contributed by atoms with Crippen LogP contribution in [0.3, 0.4) is 0 Å². The molecule has 3 rings (SSSR count). The van der Waals surface area contributed by atoms with Crippen LogP contribution in [-0.4, -0.2) is 44.4 Å². The van der Waals surface area contributed by atoms with Crippen LogP contribution in [0.25, 0.3) is 0 Å². The Morgan fingerprint density at radius 1 is 1.15 bits per heavy atom. The van der Waals surface area contributed by atoms with Crippen LogP contribution >= 0.6 is 11.8 Å². The van der Waals surface area contributed by atoms with Crippen LogP contribution in [-0.2, 0) is 19.1 Å². The smallest absolute Gasteiger partial charge is 0.297 e. The highest BCUT2D eigenvalue weighted by atomic mass is 32.2. The van der Waals surface area contributed by atoms with Gasteiger partial charge in [-0.15, -0.1) is 11.8 Å². The van der Waals surface area contributed by atoms with Crippen LogP contribution in [0.5, 0.6) is 0 Å². The summed E-state index contributed by atoms with van der Waals surface area (Å²) in [5.74, 6) is 0.653. The molecule has 9 heteroatoms. The van der Waals surface area contributed by atoms with Gasteiger partial charge >= 0.3 is 0 Å². The number of nitriles is 1. The summed E-state index contributed by atoms with van der Waals surface area (Å²) in [6.07, 6.45) is 3.00. The largest absolute Gasteiger partial charge is 0.387 e. The first-order chi connectivity index (χ1) is 18.8. The maximum Gasteiger partial charge on any atom is 0.297 e. The Balaban J connectivity index is 1.65. The van der Waals surface area contributed by atoms with Crippen LogP contribution in [0.15, 0.2) is 69.5 Å². The number of amides is 1. The number of carbonyl (C=O) groups excluding carboxylic acids is 1. The summed E-state index contributed by atoms with van der Waals surface area (Å²) in [6.45, 7) is 7.44. The molecule has 0 spiro atoms. The number of para-hydroxylation sites is 1. The van der Waals surface area contributed by atoms with Crippen molar-refractivity contribution in [1.82, 2.24) is 0 Å². The second kappa shape index (κ2) is 13.3. The molecule has 40 heavy (non-hydrogen) atoms. The molecule has 0 fully saturated rings. The van der Waals surface area contributed by atoms with E-state index in [9.17, 15) is 18.3 Å². The molecular weight excluding hydrogens is 544 g/mol. The summed E-state index contributed by atoms with van der Waals surface area (Å²) in [7, 11) is -2.25. The van der Waals surface area contributed by atoms with E-state index in [4.69, 9.17) is 9.44 Å². The zero-order valence-electron chi connectivity index (χ0n) is 24.1. The van der Waals surface area contributed by atoms with Crippen molar-refractivity contribution in [2.75, 3.05) is 24.3 Å². The minimum absolute atomic E-state index is 0.0111. The van der Waals surface area contributed by atoms with Crippen LogP contribution in [0.2, 0.25) is 0 Å². The zero-order chi connectivity index (χ0) is 29.6. The van der Waals surface area contributed by atoms with Crippen LogP contribution < -0.4 is 4.90 Å². The fourth-order valence-corrected chi connectivity index (χ4v) is 7.08. The molecule has 0 heterocycles. The molecule has 1 aliphatic rings. The predicted octanol–water partition coefficient (Wildman–Crippen LogP) is 6.41. The van der Waals surface area contributed by atoms with E-state index in [0.29, 0.717) is 44.3 Å². The Kier molecular flexibility index (Phi) is 10.6. The SMILES string of the molecule is CC1=C(CCCC(=O)N(C)c2ccccc2SCCC#N)C(C)(C)C(O)(COS(=O)(=O)c2ccc(C)cc2)CC1. The third-order valence-corrected chi connectivity index (χ3v) is 10.3.